The smallest absolute Gasteiger partial charge is 0.229 e. The zero-order chi connectivity index (χ0) is 15.4. The minimum absolute atomic E-state index is 0.0841. The van der Waals surface area contributed by atoms with Crippen LogP contribution in [-0.4, -0.2) is 29.0 Å². The highest BCUT2D eigenvalue weighted by atomic mass is 19.1. The van der Waals surface area contributed by atoms with Crippen LogP contribution in [-0.2, 0) is 4.79 Å². The Labute approximate surface area is 128 Å². The molecule has 2 aromatic rings. The van der Waals surface area contributed by atoms with Crippen molar-refractivity contribution in [1.82, 2.24) is 9.97 Å². The summed E-state index contributed by atoms with van der Waals surface area (Å²) in [4.78, 5) is 22.8. The molecule has 1 aliphatic rings. The maximum atomic E-state index is 13.2. The van der Waals surface area contributed by atoms with E-state index in [2.05, 4.69) is 20.2 Å². The molecular weight excluding hydrogens is 283 g/mol. The third-order valence-corrected chi connectivity index (χ3v) is 3.76. The van der Waals surface area contributed by atoms with Gasteiger partial charge in [0.15, 0.2) is 0 Å². The van der Waals surface area contributed by atoms with Crippen LogP contribution in [0.2, 0.25) is 0 Å². The number of amides is 1. The predicted octanol–water partition coefficient (Wildman–Crippen LogP) is 2.47. The number of nitrogens with one attached hydrogen (secondary N) is 1. The minimum Gasteiger partial charge on any atom is -0.355 e. The van der Waals surface area contributed by atoms with Crippen molar-refractivity contribution in [2.45, 2.75) is 12.8 Å². The molecule has 3 rings (SSSR count). The number of hydrogen-bond donors (Lipinski definition) is 1. The number of benzene rings is 1. The van der Waals surface area contributed by atoms with Gasteiger partial charge in [0.2, 0.25) is 5.91 Å². The summed E-state index contributed by atoms with van der Waals surface area (Å²) in [6.45, 7) is 1.46. The maximum Gasteiger partial charge on any atom is 0.229 e. The first-order valence-corrected chi connectivity index (χ1v) is 7.30. The van der Waals surface area contributed by atoms with Gasteiger partial charge in [-0.2, -0.15) is 0 Å². The first-order chi connectivity index (χ1) is 10.7. The topological polar surface area (TPSA) is 58.1 Å². The van der Waals surface area contributed by atoms with Crippen molar-refractivity contribution in [3.63, 3.8) is 0 Å². The quantitative estimate of drug-likeness (QED) is 0.946. The molecule has 0 saturated carbocycles. The molecule has 6 heteroatoms. The molecule has 1 fully saturated rings. The van der Waals surface area contributed by atoms with Crippen LogP contribution in [0.25, 0.3) is 0 Å². The molecule has 5 nitrogen and oxygen atoms in total. The Balaban J connectivity index is 1.65. The van der Waals surface area contributed by atoms with Crippen LogP contribution in [0.4, 0.5) is 15.9 Å². The Kier molecular flexibility index (Phi) is 4.27. The molecule has 0 bridgehead atoms. The Bertz CT molecular complexity index is 650. The lowest BCUT2D eigenvalue weighted by molar-refractivity contribution is -0.120. The van der Waals surface area contributed by atoms with E-state index in [4.69, 9.17) is 0 Å². The molecule has 1 aromatic heterocycles. The van der Waals surface area contributed by atoms with E-state index in [1.807, 2.05) is 0 Å². The van der Waals surface area contributed by atoms with Crippen molar-refractivity contribution in [1.29, 1.82) is 0 Å². The van der Waals surface area contributed by atoms with E-state index in [1.54, 1.807) is 30.7 Å². The summed E-state index contributed by atoms with van der Waals surface area (Å²) in [5.41, 5.74) is 0.488. The highest BCUT2D eigenvalue weighted by Crippen LogP contribution is 2.22. The van der Waals surface area contributed by atoms with E-state index in [0.29, 0.717) is 12.2 Å². The zero-order valence-corrected chi connectivity index (χ0v) is 12.1. The third kappa shape index (κ3) is 3.39. The van der Waals surface area contributed by atoms with Crippen molar-refractivity contribution in [2.24, 2.45) is 5.92 Å². The summed E-state index contributed by atoms with van der Waals surface area (Å²) in [6, 6.07) is 5.94. The molecular formula is C16H17FN4O. The largest absolute Gasteiger partial charge is 0.355 e. The summed E-state index contributed by atoms with van der Waals surface area (Å²) < 4.78 is 13.2. The van der Waals surface area contributed by atoms with E-state index < -0.39 is 0 Å². The number of nitrogens with zero attached hydrogens (tertiary/aromatic N) is 3. The fourth-order valence-electron chi connectivity index (χ4n) is 2.66. The van der Waals surface area contributed by atoms with Gasteiger partial charge in [-0.05, 0) is 31.0 Å². The van der Waals surface area contributed by atoms with Crippen molar-refractivity contribution < 1.29 is 9.18 Å². The van der Waals surface area contributed by atoms with Crippen LogP contribution in [0.1, 0.15) is 12.8 Å². The minimum atomic E-state index is -0.359. The SMILES string of the molecule is O=C(Nc1cccc(F)c1)C1CCCN(c2cnccn2)C1. The van der Waals surface area contributed by atoms with Gasteiger partial charge in [-0.3, -0.25) is 9.78 Å². The predicted molar refractivity (Wildman–Crippen MR) is 82.0 cm³/mol. The van der Waals surface area contributed by atoms with Gasteiger partial charge in [-0.15, -0.1) is 0 Å². The molecule has 1 unspecified atom stereocenters. The second kappa shape index (κ2) is 6.51. The first kappa shape index (κ1) is 14.4. The average molecular weight is 300 g/mol. The first-order valence-electron chi connectivity index (χ1n) is 7.30. The summed E-state index contributed by atoms with van der Waals surface area (Å²) in [7, 11) is 0. The van der Waals surface area contributed by atoms with Crippen LogP contribution in [0.5, 0.6) is 0 Å². The number of aromatic nitrogens is 2. The number of carbonyl (C=O) groups is 1. The number of carbonyl (C=O) groups excluding carboxylic acids is 1. The van der Waals surface area contributed by atoms with Crippen LogP contribution in [0.15, 0.2) is 42.9 Å². The fourth-order valence-corrected chi connectivity index (χ4v) is 2.66. The molecule has 0 aliphatic carbocycles. The molecule has 1 amide bonds. The van der Waals surface area contributed by atoms with Gasteiger partial charge in [-0.25, -0.2) is 9.37 Å². The van der Waals surface area contributed by atoms with Gasteiger partial charge >= 0.3 is 0 Å². The summed E-state index contributed by atoms with van der Waals surface area (Å²) in [5, 5.41) is 2.78. The Morgan fingerprint density at radius 2 is 2.27 bits per heavy atom. The van der Waals surface area contributed by atoms with E-state index >= 15 is 0 Å². The monoisotopic (exact) mass is 300 g/mol. The van der Waals surface area contributed by atoms with Gasteiger partial charge in [0.1, 0.15) is 11.6 Å². The van der Waals surface area contributed by atoms with Crippen LogP contribution in [0.3, 0.4) is 0 Å². The van der Waals surface area contributed by atoms with Crippen molar-refractivity contribution >= 4 is 17.4 Å². The molecule has 22 heavy (non-hydrogen) atoms. The van der Waals surface area contributed by atoms with Crippen LogP contribution < -0.4 is 10.2 Å². The van der Waals surface area contributed by atoms with Gasteiger partial charge in [-0.1, -0.05) is 6.07 Å². The second-order valence-electron chi connectivity index (χ2n) is 5.35. The second-order valence-corrected chi connectivity index (χ2v) is 5.35. The highest BCUT2D eigenvalue weighted by Gasteiger charge is 2.26. The maximum absolute atomic E-state index is 13.2. The molecule has 114 valence electrons. The number of hydrogen-bond acceptors (Lipinski definition) is 4. The fraction of sp³-hybridized carbons (Fsp3) is 0.312. The van der Waals surface area contributed by atoms with Gasteiger partial charge in [0.25, 0.3) is 0 Å². The van der Waals surface area contributed by atoms with Crippen molar-refractivity contribution in [2.75, 3.05) is 23.3 Å². The zero-order valence-electron chi connectivity index (χ0n) is 12.1. The molecule has 1 atom stereocenters. The summed E-state index contributed by atoms with van der Waals surface area (Å²) >= 11 is 0. The van der Waals surface area contributed by atoms with Gasteiger partial charge < -0.3 is 10.2 Å². The van der Waals surface area contributed by atoms with Crippen LogP contribution in [0, 0.1) is 11.7 Å². The lowest BCUT2D eigenvalue weighted by atomic mass is 9.97. The van der Waals surface area contributed by atoms with E-state index in [-0.39, 0.29) is 17.6 Å². The Morgan fingerprint density at radius 1 is 1.36 bits per heavy atom. The molecule has 0 radical (unpaired) electrons. The molecule has 1 aliphatic heterocycles. The normalized spacial score (nSPS) is 18.0. The molecule has 1 aromatic carbocycles. The molecule has 0 spiro atoms. The van der Waals surface area contributed by atoms with Gasteiger partial charge in [0, 0.05) is 31.2 Å². The third-order valence-electron chi connectivity index (χ3n) is 3.76. The Hall–Kier alpha value is -2.50. The number of piperidine rings is 1. The lowest BCUT2D eigenvalue weighted by Gasteiger charge is -2.32. The molecule has 1 N–H and O–H groups in total. The highest BCUT2D eigenvalue weighted by molar-refractivity contribution is 5.93. The number of anilines is 2. The Morgan fingerprint density at radius 3 is 3.05 bits per heavy atom. The van der Waals surface area contributed by atoms with E-state index in [9.17, 15) is 9.18 Å². The summed E-state index contributed by atoms with van der Waals surface area (Å²) in [5.74, 6) is 0.201. The van der Waals surface area contributed by atoms with Crippen molar-refractivity contribution in [3.05, 3.63) is 48.7 Å². The van der Waals surface area contributed by atoms with Crippen LogP contribution >= 0.6 is 0 Å². The standard InChI is InChI=1S/C16H17FN4O/c17-13-4-1-5-14(9-13)20-16(22)12-3-2-8-21(11-12)15-10-18-6-7-19-15/h1,4-7,9-10,12H,2-3,8,11H2,(H,20,22). The van der Waals surface area contributed by atoms with Crippen molar-refractivity contribution in [3.8, 4) is 0 Å². The average Bonchev–Trinajstić information content (AvgIpc) is 2.56. The van der Waals surface area contributed by atoms with E-state index in [0.717, 1.165) is 25.2 Å². The molecule has 2 heterocycles. The van der Waals surface area contributed by atoms with E-state index in [1.165, 1.54) is 12.1 Å². The number of halogens is 1. The molecule has 1 saturated heterocycles. The lowest BCUT2D eigenvalue weighted by Crippen LogP contribution is -2.41. The number of rotatable bonds is 3. The van der Waals surface area contributed by atoms with Gasteiger partial charge in [0.05, 0.1) is 12.1 Å². The summed E-state index contributed by atoms with van der Waals surface area (Å²) in [6.07, 6.45) is 6.70.